The third-order valence-electron chi connectivity index (χ3n) is 2.49. The van der Waals surface area contributed by atoms with Gasteiger partial charge in [0.05, 0.1) is 6.04 Å². The minimum Gasteiger partial charge on any atom is -0.351 e. The lowest BCUT2D eigenvalue weighted by atomic mass is 10.1. The molecule has 0 unspecified atom stereocenters. The first-order valence-electron chi connectivity index (χ1n) is 5.75. The van der Waals surface area contributed by atoms with Gasteiger partial charge in [0.1, 0.15) is 0 Å². The van der Waals surface area contributed by atoms with Gasteiger partial charge in [0.25, 0.3) is 5.91 Å². The summed E-state index contributed by atoms with van der Waals surface area (Å²) in [5.74, 6) is -0.232. The van der Waals surface area contributed by atoms with Gasteiger partial charge in [-0.3, -0.25) is 9.59 Å². The number of carbonyl (C=O) groups excluding carboxylic acids is 2. The molecule has 0 radical (unpaired) electrons. The summed E-state index contributed by atoms with van der Waals surface area (Å²) in [6, 6.07) is 6.61. The van der Waals surface area contributed by atoms with Crippen molar-refractivity contribution < 1.29 is 9.59 Å². The van der Waals surface area contributed by atoms with Gasteiger partial charge in [-0.2, -0.15) is 0 Å². The molecule has 1 rings (SSSR count). The summed E-state index contributed by atoms with van der Waals surface area (Å²) in [7, 11) is 3.41. The molecule has 1 aromatic rings. The van der Waals surface area contributed by atoms with Gasteiger partial charge < -0.3 is 16.0 Å². The standard InChI is InChI=1S/C13H19N3O2/c1-9(14)12(17)15-8-10-4-6-11(7-5-10)13(18)16(2)3/h4-7,9H,8,14H2,1-3H3,(H,15,17)/t9-/m1/s1. The number of nitrogens with zero attached hydrogens (tertiary/aromatic N) is 1. The molecule has 0 aromatic heterocycles. The molecular weight excluding hydrogens is 230 g/mol. The van der Waals surface area contributed by atoms with Crippen LogP contribution >= 0.6 is 0 Å². The lowest BCUT2D eigenvalue weighted by Gasteiger charge is -2.11. The smallest absolute Gasteiger partial charge is 0.253 e. The van der Waals surface area contributed by atoms with Gasteiger partial charge in [0.15, 0.2) is 0 Å². The molecule has 0 saturated carbocycles. The number of nitrogens with one attached hydrogen (secondary N) is 1. The highest BCUT2D eigenvalue weighted by atomic mass is 16.2. The molecule has 5 nitrogen and oxygen atoms in total. The molecule has 1 aromatic carbocycles. The minimum absolute atomic E-state index is 0.0406. The van der Waals surface area contributed by atoms with Crippen molar-refractivity contribution in [2.75, 3.05) is 14.1 Å². The van der Waals surface area contributed by atoms with E-state index >= 15 is 0 Å². The van der Waals surface area contributed by atoms with Gasteiger partial charge in [-0.15, -0.1) is 0 Å². The second kappa shape index (κ2) is 6.16. The fourth-order valence-corrected chi connectivity index (χ4v) is 1.37. The zero-order valence-corrected chi connectivity index (χ0v) is 10.9. The van der Waals surface area contributed by atoms with E-state index in [1.54, 1.807) is 33.2 Å². The number of hydrogen-bond donors (Lipinski definition) is 2. The van der Waals surface area contributed by atoms with Crippen molar-refractivity contribution in [3.8, 4) is 0 Å². The molecule has 0 aliphatic heterocycles. The molecule has 0 heterocycles. The fraction of sp³-hybridized carbons (Fsp3) is 0.385. The third-order valence-corrected chi connectivity index (χ3v) is 2.49. The van der Waals surface area contributed by atoms with E-state index < -0.39 is 6.04 Å². The Morgan fingerprint density at radius 1 is 1.28 bits per heavy atom. The average molecular weight is 249 g/mol. The molecule has 1 atom stereocenters. The second-order valence-corrected chi connectivity index (χ2v) is 4.40. The predicted octanol–water partition coefficient (Wildman–Crippen LogP) is 0.352. The fourth-order valence-electron chi connectivity index (χ4n) is 1.37. The molecule has 18 heavy (non-hydrogen) atoms. The highest BCUT2D eigenvalue weighted by Gasteiger charge is 2.08. The third kappa shape index (κ3) is 3.85. The van der Waals surface area contributed by atoms with Crippen molar-refractivity contribution in [3.05, 3.63) is 35.4 Å². The van der Waals surface area contributed by atoms with E-state index in [2.05, 4.69) is 5.32 Å². The number of benzene rings is 1. The van der Waals surface area contributed by atoms with E-state index in [0.29, 0.717) is 12.1 Å². The highest BCUT2D eigenvalue weighted by Crippen LogP contribution is 2.06. The van der Waals surface area contributed by atoms with Crippen LogP contribution in [0.1, 0.15) is 22.8 Å². The van der Waals surface area contributed by atoms with Crippen LogP contribution in [0.2, 0.25) is 0 Å². The minimum atomic E-state index is -0.514. The average Bonchev–Trinajstić information content (AvgIpc) is 2.35. The first kappa shape index (κ1) is 14.2. The van der Waals surface area contributed by atoms with Crippen molar-refractivity contribution in [2.45, 2.75) is 19.5 Å². The molecule has 3 N–H and O–H groups in total. The number of nitrogens with two attached hydrogens (primary N) is 1. The van der Waals surface area contributed by atoms with E-state index in [1.165, 1.54) is 4.90 Å². The van der Waals surface area contributed by atoms with E-state index in [0.717, 1.165) is 5.56 Å². The molecule has 2 amide bonds. The Hall–Kier alpha value is -1.88. The maximum Gasteiger partial charge on any atom is 0.253 e. The largest absolute Gasteiger partial charge is 0.351 e. The van der Waals surface area contributed by atoms with E-state index in [-0.39, 0.29) is 11.8 Å². The van der Waals surface area contributed by atoms with E-state index in [4.69, 9.17) is 5.73 Å². The molecular formula is C13H19N3O2. The molecule has 0 spiro atoms. The van der Waals surface area contributed by atoms with Gasteiger partial charge in [-0.1, -0.05) is 12.1 Å². The van der Waals surface area contributed by atoms with E-state index in [1.807, 2.05) is 12.1 Å². The van der Waals surface area contributed by atoms with Crippen LogP contribution in [0.5, 0.6) is 0 Å². The maximum atomic E-state index is 11.7. The van der Waals surface area contributed by atoms with Crippen LogP contribution < -0.4 is 11.1 Å². The Labute approximate surface area is 107 Å². The summed E-state index contributed by atoms with van der Waals surface area (Å²) < 4.78 is 0. The van der Waals surface area contributed by atoms with Crippen molar-refractivity contribution in [2.24, 2.45) is 5.73 Å². The summed E-state index contributed by atoms with van der Waals surface area (Å²) in [5, 5.41) is 2.71. The van der Waals surface area contributed by atoms with Gasteiger partial charge in [0.2, 0.25) is 5.91 Å². The number of amides is 2. The topological polar surface area (TPSA) is 75.4 Å². The van der Waals surface area contributed by atoms with Crippen LogP contribution in [0.25, 0.3) is 0 Å². The molecule has 5 heteroatoms. The molecule has 0 aliphatic carbocycles. The second-order valence-electron chi connectivity index (χ2n) is 4.40. The van der Waals surface area contributed by atoms with Gasteiger partial charge in [-0.25, -0.2) is 0 Å². The Morgan fingerprint density at radius 2 is 1.83 bits per heavy atom. The zero-order valence-electron chi connectivity index (χ0n) is 10.9. The lowest BCUT2D eigenvalue weighted by Crippen LogP contribution is -2.37. The van der Waals surface area contributed by atoms with Crippen LogP contribution in [-0.2, 0) is 11.3 Å². The number of carbonyl (C=O) groups is 2. The van der Waals surface area contributed by atoms with Crippen LogP contribution in [0, 0.1) is 0 Å². The molecule has 98 valence electrons. The highest BCUT2D eigenvalue weighted by molar-refractivity contribution is 5.93. The lowest BCUT2D eigenvalue weighted by molar-refractivity contribution is -0.122. The summed E-state index contributed by atoms with van der Waals surface area (Å²) in [6.45, 7) is 2.05. The van der Waals surface area contributed by atoms with Crippen molar-refractivity contribution in [3.63, 3.8) is 0 Å². The monoisotopic (exact) mass is 249 g/mol. The Bertz CT molecular complexity index is 424. The summed E-state index contributed by atoms with van der Waals surface area (Å²) in [6.07, 6.45) is 0. The van der Waals surface area contributed by atoms with Crippen LogP contribution in [0.3, 0.4) is 0 Å². The SMILES string of the molecule is C[C@@H](N)C(=O)NCc1ccc(C(=O)N(C)C)cc1. The summed E-state index contributed by atoms with van der Waals surface area (Å²) in [5.41, 5.74) is 6.99. The predicted molar refractivity (Wildman–Crippen MR) is 70.0 cm³/mol. The molecule has 0 fully saturated rings. The van der Waals surface area contributed by atoms with Crippen LogP contribution in [0.15, 0.2) is 24.3 Å². The quantitative estimate of drug-likeness (QED) is 0.808. The molecule has 0 saturated heterocycles. The molecule has 0 aliphatic rings. The number of hydrogen-bond acceptors (Lipinski definition) is 3. The van der Waals surface area contributed by atoms with Gasteiger partial charge in [0, 0.05) is 26.2 Å². The normalized spacial score (nSPS) is 11.8. The Balaban J connectivity index is 2.61. The van der Waals surface area contributed by atoms with Gasteiger partial charge >= 0.3 is 0 Å². The summed E-state index contributed by atoms with van der Waals surface area (Å²) >= 11 is 0. The number of rotatable bonds is 4. The first-order valence-corrected chi connectivity index (χ1v) is 5.75. The first-order chi connectivity index (χ1) is 8.41. The Kier molecular flexibility index (Phi) is 4.85. The maximum absolute atomic E-state index is 11.7. The van der Waals surface area contributed by atoms with Crippen molar-refractivity contribution in [1.29, 1.82) is 0 Å². The van der Waals surface area contributed by atoms with E-state index in [9.17, 15) is 9.59 Å². The van der Waals surface area contributed by atoms with Crippen molar-refractivity contribution >= 4 is 11.8 Å². The Morgan fingerprint density at radius 3 is 2.28 bits per heavy atom. The van der Waals surface area contributed by atoms with Crippen LogP contribution in [-0.4, -0.2) is 36.9 Å². The zero-order chi connectivity index (χ0) is 13.7. The van der Waals surface area contributed by atoms with Gasteiger partial charge in [-0.05, 0) is 24.6 Å². The summed E-state index contributed by atoms with van der Waals surface area (Å²) in [4.78, 5) is 24.5. The van der Waals surface area contributed by atoms with Crippen molar-refractivity contribution in [1.82, 2.24) is 10.2 Å². The van der Waals surface area contributed by atoms with Crippen LogP contribution in [0.4, 0.5) is 0 Å². The molecule has 0 bridgehead atoms.